The molecule has 2 heterocycles. The first-order valence-electron chi connectivity index (χ1n) is 9.06. The highest BCUT2D eigenvalue weighted by molar-refractivity contribution is 6.33. The van der Waals surface area contributed by atoms with E-state index in [9.17, 15) is 9.18 Å². The van der Waals surface area contributed by atoms with Crippen LogP contribution in [0.2, 0.25) is 5.02 Å². The number of rotatable bonds is 6. The number of carbonyl (C=O) groups excluding carboxylic acids is 1. The van der Waals surface area contributed by atoms with Crippen LogP contribution >= 0.6 is 11.6 Å². The molecule has 0 N–H and O–H groups in total. The van der Waals surface area contributed by atoms with Crippen molar-refractivity contribution in [2.24, 2.45) is 0 Å². The van der Waals surface area contributed by atoms with E-state index in [1.165, 1.54) is 6.20 Å². The molecule has 3 aromatic rings. The molecule has 1 saturated carbocycles. The Morgan fingerprint density at radius 1 is 1.21 bits per heavy atom. The molecular weight excluding hydrogens is 379 g/mol. The van der Waals surface area contributed by atoms with Gasteiger partial charge in [-0.3, -0.25) is 14.8 Å². The van der Waals surface area contributed by atoms with E-state index in [1.807, 2.05) is 24.3 Å². The zero-order valence-electron chi connectivity index (χ0n) is 15.3. The van der Waals surface area contributed by atoms with Gasteiger partial charge < -0.3 is 4.74 Å². The number of hydrogen-bond donors (Lipinski definition) is 0. The summed E-state index contributed by atoms with van der Waals surface area (Å²) in [5.74, 6) is 0.0787. The number of halogens is 2. The van der Waals surface area contributed by atoms with Gasteiger partial charge in [0.1, 0.15) is 11.6 Å². The van der Waals surface area contributed by atoms with Crippen LogP contribution in [0, 0.1) is 12.7 Å². The summed E-state index contributed by atoms with van der Waals surface area (Å²) in [5.41, 5.74) is 2.84. The molecule has 0 amide bonds. The molecule has 2 aromatic heterocycles. The highest BCUT2D eigenvalue weighted by atomic mass is 35.5. The van der Waals surface area contributed by atoms with Crippen LogP contribution in [-0.4, -0.2) is 21.9 Å². The molecule has 0 saturated heterocycles. The highest BCUT2D eigenvalue weighted by Gasteiger charge is 2.23. The second-order valence-electron chi connectivity index (χ2n) is 6.89. The predicted octanol–water partition coefficient (Wildman–Crippen LogP) is 5.21. The Balaban J connectivity index is 1.52. The number of ketones is 1. The third-order valence-electron chi connectivity index (χ3n) is 4.70. The van der Waals surface area contributed by atoms with Crippen LogP contribution in [0.25, 0.3) is 11.1 Å². The summed E-state index contributed by atoms with van der Waals surface area (Å²) < 4.78 is 19.4. The number of Topliss-reactive ketones (excluding diaryl/α,β-unsaturated/α-hetero) is 1. The monoisotopic (exact) mass is 396 g/mol. The summed E-state index contributed by atoms with van der Waals surface area (Å²) in [4.78, 5) is 20.6. The first-order valence-corrected chi connectivity index (χ1v) is 9.44. The quantitative estimate of drug-likeness (QED) is 0.536. The minimum atomic E-state index is -0.489. The molecule has 0 bridgehead atoms. The van der Waals surface area contributed by atoms with Gasteiger partial charge in [0.05, 0.1) is 18.7 Å². The van der Waals surface area contributed by atoms with Crippen LogP contribution in [0.5, 0.6) is 5.75 Å². The Labute approximate surface area is 167 Å². The second-order valence-corrected chi connectivity index (χ2v) is 7.30. The Bertz CT molecular complexity index is 1030. The molecule has 1 aliphatic carbocycles. The molecule has 1 aromatic carbocycles. The number of carbonyl (C=O) groups is 1. The van der Waals surface area contributed by atoms with Crippen molar-refractivity contribution in [2.75, 3.05) is 0 Å². The Morgan fingerprint density at radius 2 is 2.04 bits per heavy atom. The molecule has 0 aliphatic heterocycles. The third kappa shape index (κ3) is 4.04. The number of hydrogen-bond acceptors (Lipinski definition) is 4. The maximum absolute atomic E-state index is 13.6. The Kier molecular flexibility index (Phi) is 5.09. The van der Waals surface area contributed by atoms with Crippen LogP contribution in [0.3, 0.4) is 0 Å². The van der Waals surface area contributed by atoms with Crippen molar-refractivity contribution in [1.82, 2.24) is 9.97 Å². The van der Waals surface area contributed by atoms with Crippen LogP contribution in [-0.2, 0) is 6.42 Å². The first kappa shape index (κ1) is 18.6. The van der Waals surface area contributed by atoms with Crippen molar-refractivity contribution in [2.45, 2.75) is 32.3 Å². The standard InChI is InChI=1S/C22H18ClFN2O2/c1-13-19(11-25-12-21(13)24)22(27)8-15-3-2-14(10-26-15)18-9-17(6-7-20(18)23)28-16-4-5-16/h2-3,6-7,9-12,16H,4-5,8H2,1H3. The van der Waals surface area contributed by atoms with E-state index in [-0.39, 0.29) is 17.8 Å². The number of pyridine rings is 2. The fourth-order valence-electron chi connectivity index (χ4n) is 2.91. The van der Waals surface area contributed by atoms with Crippen molar-refractivity contribution < 1.29 is 13.9 Å². The average molecular weight is 397 g/mol. The molecule has 1 aliphatic rings. The molecule has 0 spiro atoms. The van der Waals surface area contributed by atoms with Crippen molar-refractivity contribution in [1.29, 1.82) is 0 Å². The predicted molar refractivity (Wildman–Crippen MR) is 105 cm³/mol. The minimum absolute atomic E-state index is 0.0742. The van der Waals surface area contributed by atoms with Gasteiger partial charge in [0.25, 0.3) is 0 Å². The van der Waals surface area contributed by atoms with Gasteiger partial charge in [0, 0.05) is 39.8 Å². The van der Waals surface area contributed by atoms with Gasteiger partial charge in [-0.15, -0.1) is 0 Å². The Morgan fingerprint density at radius 3 is 2.75 bits per heavy atom. The second kappa shape index (κ2) is 7.68. The molecule has 142 valence electrons. The molecule has 6 heteroatoms. The molecule has 0 radical (unpaired) electrons. The highest BCUT2D eigenvalue weighted by Crippen LogP contribution is 2.34. The fourth-order valence-corrected chi connectivity index (χ4v) is 3.13. The topological polar surface area (TPSA) is 52.1 Å². The maximum Gasteiger partial charge on any atom is 0.170 e. The largest absolute Gasteiger partial charge is 0.490 e. The average Bonchev–Trinajstić information content (AvgIpc) is 3.50. The van der Waals surface area contributed by atoms with Gasteiger partial charge in [-0.1, -0.05) is 17.7 Å². The van der Waals surface area contributed by atoms with Crippen LogP contribution in [0.15, 0.2) is 48.9 Å². The van der Waals surface area contributed by atoms with Gasteiger partial charge in [-0.05, 0) is 49.6 Å². The van der Waals surface area contributed by atoms with Gasteiger partial charge in [-0.25, -0.2) is 4.39 Å². The van der Waals surface area contributed by atoms with Gasteiger partial charge in [0.15, 0.2) is 5.78 Å². The van der Waals surface area contributed by atoms with Crippen molar-refractivity contribution in [3.05, 3.63) is 76.6 Å². The van der Waals surface area contributed by atoms with Gasteiger partial charge in [-0.2, -0.15) is 0 Å². The molecule has 0 atom stereocenters. The molecular formula is C22H18ClFN2O2. The van der Waals surface area contributed by atoms with E-state index in [0.717, 1.165) is 35.9 Å². The number of nitrogens with zero attached hydrogens (tertiary/aromatic N) is 2. The van der Waals surface area contributed by atoms with E-state index in [4.69, 9.17) is 16.3 Å². The van der Waals surface area contributed by atoms with Crippen molar-refractivity contribution in [3.63, 3.8) is 0 Å². The van der Waals surface area contributed by atoms with Crippen LogP contribution in [0.1, 0.15) is 34.5 Å². The lowest BCUT2D eigenvalue weighted by molar-refractivity contribution is 0.0990. The third-order valence-corrected chi connectivity index (χ3v) is 5.03. The molecule has 1 fully saturated rings. The zero-order valence-corrected chi connectivity index (χ0v) is 16.0. The lowest BCUT2D eigenvalue weighted by atomic mass is 10.0. The molecule has 4 rings (SSSR count). The summed E-state index contributed by atoms with van der Waals surface area (Å²) >= 11 is 6.34. The minimum Gasteiger partial charge on any atom is -0.490 e. The fraction of sp³-hybridized carbons (Fsp3) is 0.227. The summed E-state index contributed by atoms with van der Waals surface area (Å²) in [5, 5.41) is 0.607. The summed E-state index contributed by atoms with van der Waals surface area (Å²) in [6.07, 6.45) is 6.72. The lowest BCUT2D eigenvalue weighted by Gasteiger charge is -2.10. The van der Waals surface area contributed by atoms with Crippen molar-refractivity contribution >= 4 is 17.4 Å². The van der Waals surface area contributed by atoms with Crippen molar-refractivity contribution in [3.8, 4) is 16.9 Å². The Hall–Kier alpha value is -2.79. The smallest absolute Gasteiger partial charge is 0.170 e. The first-order chi connectivity index (χ1) is 13.5. The van der Waals surface area contributed by atoms with E-state index in [1.54, 1.807) is 19.2 Å². The lowest BCUT2D eigenvalue weighted by Crippen LogP contribution is -2.08. The van der Waals surface area contributed by atoms with E-state index >= 15 is 0 Å². The SMILES string of the molecule is Cc1c(F)cncc1C(=O)Cc1ccc(-c2cc(OC3CC3)ccc2Cl)cn1. The summed E-state index contributed by atoms with van der Waals surface area (Å²) in [7, 11) is 0. The van der Waals surface area contributed by atoms with Crippen LogP contribution in [0.4, 0.5) is 4.39 Å². The van der Waals surface area contributed by atoms with Crippen LogP contribution < -0.4 is 4.74 Å². The van der Waals surface area contributed by atoms with Gasteiger partial charge >= 0.3 is 0 Å². The molecule has 4 nitrogen and oxygen atoms in total. The zero-order chi connectivity index (χ0) is 19.7. The maximum atomic E-state index is 13.6. The van der Waals surface area contributed by atoms with E-state index < -0.39 is 5.82 Å². The van der Waals surface area contributed by atoms with E-state index in [2.05, 4.69) is 9.97 Å². The summed E-state index contributed by atoms with van der Waals surface area (Å²) in [6, 6.07) is 9.23. The molecule has 0 unspecified atom stereocenters. The number of benzene rings is 1. The summed E-state index contributed by atoms with van der Waals surface area (Å²) in [6.45, 7) is 1.57. The number of ether oxygens (including phenoxy) is 1. The molecule has 28 heavy (non-hydrogen) atoms. The number of aromatic nitrogens is 2. The normalized spacial score (nSPS) is 13.4. The van der Waals surface area contributed by atoms with E-state index in [0.29, 0.717) is 22.4 Å². The van der Waals surface area contributed by atoms with Gasteiger partial charge in [0.2, 0.25) is 0 Å².